The molecule has 1 fully saturated rings. The van der Waals surface area contributed by atoms with E-state index in [4.69, 9.17) is 5.73 Å². The summed E-state index contributed by atoms with van der Waals surface area (Å²) in [6.45, 7) is 3.72. The van der Waals surface area contributed by atoms with E-state index in [9.17, 15) is 4.79 Å². The van der Waals surface area contributed by atoms with Gasteiger partial charge >= 0.3 is 0 Å². The van der Waals surface area contributed by atoms with E-state index in [0.29, 0.717) is 5.69 Å². The molecule has 0 aliphatic carbocycles. The lowest BCUT2D eigenvalue weighted by molar-refractivity contribution is -0.130. The van der Waals surface area contributed by atoms with Gasteiger partial charge in [0.2, 0.25) is 5.91 Å². The molecule has 1 aromatic rings. The number of aromatic nitrogens is 1. The fourth-order valence-corrected chi connectivity index (χ4v) is 3.18. The van der Waals surface area contributed by atoms with Gasteiger partial charge in [0.05, 0.1) is 10.9 Å². The van der Waals surface area contributed by atoms with Crippen molar-refractivity contribution in [3.05, 3.63) is 18.3 Å². The minimum absolute atomic E-state index is 0.129. The molecule has 1 saturated heterocycles. The van der Waals surface area contributed by atoms with Crippen molar-refractivity contribution < 1.29 is 4.79 Å². The van der Waals surface area contributed by atoms with Crippen molar-refractivity contribution >= 4 is 23.4 Å². The van der Waals surface area contributed by atoms with Crippen molar-refractivity contribution in [3.63, 3.8) is 0 Å². The first-order valence-electron chi connectivity index (χ1n) is 6.84. The van der Waals surface area contributed by atoms with Crippen LogP contribution in [-0.4, -0.2) is 34.1 Å². The molecule has 0 bridgehead atoms. The summed E-state index contributed by atoms with van der Waals surface area (Å²) in [6.07, 6.45) is 6.42. The average Bonchev–Trinajstić information content (AvgIpc) is 2.69. The Kier molecular flexibility index (Phi) is 5.07. The number of rotatable bonds is 3. The van der Waals surface area contributed by atoms with Gasteiger partial charge in [-0.3, -0.25) is 4.79 Å². The molecule has 0 saturated carbocycles. The first kappa shape index (κ1) is 14.2. The van der Waals surface area contributed by atoms with Crippen LogP contribution in [0.5, 0.6) is 0 Å². The third-order valence-electron chi connectivity index (χ3n) is 3.35. The number of nitrogens with zero attached hydrogens (tertiary/aromatic N) is 2. The number of thioether (sulfide) groups is 1. The third-order valence-corrected chi connectivity index (χ3v) is 4.47. The molecule has 0 aromatic carbocycles. The highest BCUT2D eigenvalue weighted by molar-refractivity contribution is 8.00. The van der Waals surface area contributed by atoms with E-state index in [1.807, 2.05) is 17.9 Å². The van der Waals surface area contributed by atoms with Crippen molar-refractivity contribution in [1.29, 1.82) is 0 Å². The van der Waals surface area contributed by atoms with Gasteiger partial charge in [-0.2, -0.15) is 0 Å². The van der Waals surface area contributed by atoms with Gasteiger partial charge in [-0.25, -0.2) is 4.98 Å². The maximum atomic E-state index is 12.4. The summed E-state index contributed by atoms with van der Waals surface area (Å²) in [5.74, 6) is 0.206. The molecular formula is C14H21N3OS. The molecule has 1 aromatic heterocycles. The standard InChI is InChI=1S/C14H21N3OS/c1-11(19-13-12(15)7-6-8-16-13)14(18)17-9-4-2-3-5-10-17/h6-8,11H,2-5,9-10,15H2,1H3. The Bertz CT molecular complexity index is 430. The summed E-state index contributed by atoms with van der Waals surface area (Å²) >= 11 is 1.45. The van der Waals surface area contributed by atoms with Gasteiger partial charge < -0.3 is 10.6 Å². The summed E-state index contributed by atoms with van der Waals surface area (Å²) in [5.41, 5.74) is 6.51. The monoisotopic (exact) mass is 279 g/mol. The van der Waals surface area contributed by atoms with Gasteiger partial charge in [0.25, 0.3) is 0 Å². The zero-order chi connectivity index (χ0) is 13.7. The quantitative estimate of drug-likeness (QED) is 0.864. The summed E-state index contributed by atoms with van der Waals surface area (Å²) in [7, 11) is 0. The average molecular weight is 279 g/mol. The number of hydrogen-bond acceptors (Lipinski definition) is 4. The molecule has 1 aliphatic heterocycles. The molecular weight excluding hydrogens is 258 g/mol. The van der Waals surface area contributed by atoms with E-state index in [1.54, 1.807) is 12.3 Å². The maximum Gasteiger partial charge on any atom is 0.235 e. The highest BCUT2D eigenvalue weighted by Crippen LogP contribution is 2.27. The van der Waals surface area contributed by atoms with Crippen molar-refractivity contribution in [2.45, 2.75) is 42.9 Å². The number of amides is 1. The Morgan fingerprint density at radius 1 is 1.37 bits per heavy atom. The van der Waals surface area contributed by atoms with Crippen LogP contribution in [0.3, 0.4) is 0 Å². The molecule has 4 nitrogen and oxygen atoms in total. The van der Waals surface area contributed by atoms with Crippen molar-refractivity contribution in [1.82, 2.24) is 9.88 Å². The molecule has 2 N–H and O–H groups in total. The number of hydrogen-bond donors (Lipinski definition) is 1. The largest absolute Gasteiger partial charge is 0.397 e. The second kappa shape index (κ2) is 6.80. The Morgan fingerprint density at radius 2 is 2.05 bits per heavy atom. The lowest BCUT2D eigenvalue weighted by Crippen LogP contribution is -2.37. The number of nitrogens with two attached hydrogens (primary N) is 1. The highest BCUT2D eigenvalue weighted by Gasteiger charge is 2.23. The first-order chi connectivity index (χ1) is 9.18. The van der Waals surface area contributed by atoms with Gasteiger partial charge in [-0.15, -0.1) is 0 Å². The maximum absolute atomic E-state index is 12.4. The molecule has 2 rings (SSSR count). The lowest BCUT2D eigenvalue weighted by Gasteiger charge is -2.23. The van der Waals surface area contributed by atoms with Crippen LogP contribution in [0.15, 0.2) is 23.4 Å². The number of pyridine rings is 1. The van der Waals surface area contributed by atoms with Crippen LogP contribution in [0, 0.1) is 0 Å². The third kappa shape index (κ3) is 3.86. The molecule has 1 amide bonds. The summed E-state index contributed by atoms with van der Waals surface area (Å²) in [4.78, 5) is 18.6. The highest BCUT2D eigenvalue weighted by atomic mass is 32.2. The summed E-state index contributed by atoms with van der Waals surface area (Å²) in [6, 6.07) is 3.62. The van der Waals surface area contributed by atoms with Gasteiger partial charge in [0.1, 0.15) is 5.03 Å². The van der Waals surface area contributed by atoms with Crippen LogP contribution in [0.2, 0.25) is 0 Å². The van der Waals surface area contributed by atoms with E-state index in [1.165, 1.54) is 24.6 Å². The second-order valence-corrected chi connectivity index (χ2v) is 6.23. The molecule has 19 heavy (non-hydrogen) atoms. The van der Waals surface area contributed by atoms with Crippen molar-refractivity contribution in [3.8, 4) is 0 Å². The Morgan fingerprint density at radius 3 is 2.68 bits per heavy atom. The van der Waals surface area contributed by atoms with Gasteiger partial charge in [-0.1, -0.05) is 24.6 Å². The molecule has 0 radical (unpaired) electrons. The predicted molar refractivity (Wildman–Crippen MR) is 79.0 cm³/mol. The van der Waals surface area contributed by atoms with Crippen LogP contribution in [-0.2, 0) is 4.79 Å². The van der Waals surface area contributed by atoms with Crippen LogP contribution < -0.4 is 5.73 Å². The topological polar surface area (TPSA) is 59.2 Å². The molecule has 5 heteroatoms. The zero-order valence-electron chi connectivity index (χ0n) is 11.3. The SMILES string of the molecule is CC(Sc1ncccc1N)C(=O)N1CCCCCC1. The fourth-order valence-electron chi connectivity index (χ4n) is 2.27. The van der Waals surface area contributed by atoms with Crippen molar-refractivity contribution in [2.24, 2.45) is 0 Å². The fraction of sp³-hybridized carbons (Fsp3) is 0.571. The minimum Gasteiger partial charge on any atom is -0.397 e. The van der Waals surface area contributed by atoms with E-state index in [2.05, 4.69) is 4.98 Å². The molecule has 2 heterocycles. The van der Waals surface area contributed by atoms with Gasteiger partial charge in [-0.05, 0) is 31.9 Å². The van der Waals surface area contributed by atoms with Crippen LogP contribution >= 0.6 is 11.8 Å². The summed E-state index contributed by atoms with van der Waals surface area (Å²) in [5, 5.41) is 0.619. The zero-order valence-corrected chi connectivity index (χ0v) is 12.2. The van der Waals surface area contributed by atoms with Gasteiger partial charge in [0.15, 0.2) is 0 Å². The van der Waals surface area contributed by atoms with E-state index in [-0.39, 0.29) is 11.2 Å². The number of nitrogen functional groups attached to an aromatic ring is 1. The predicted octanol–water partition coefficient (Wildman–Crippen LogP) is 2.55. The van der Waals surface area contributed by atoms with Crippen LogP contribution in [0.1, 0.15) is 32.6 Å². The first-order valence-corrected chi connectivity index (χ1v) is 7.72. The molecule has 1 unspecified atom stereocenters. The Hall–Kier alpha value is -1.23. The van der Waals surface area contributed by atoms with Crippen LogP contribution in [0.4, 0.5) is 5.69 Å². The van der Waals surface area contributed by atoms with Gasteiger partial charge in [0, 0.05) is 19.3 Å². The molecule has 104 valence electrons. The Balaban J connectivity index is 1.97. The molecule has 0 spiro atoms. The van der Waals surface area contributed by atoms with E-state index >= 15 is 0 Å². The molecule has 1 atom stereocenters. The lowest BCUT2D eigenvalue weighted by atomic mass is 10.2. The second-order valence-electron chi connectivity index (χ2n) is 4.90. The Labute approximate surface area is 118 Å². The smallest absolute Gasteiger partial charge is 0.235 e. The number of carbonyl (C=O) groups is 1. The number of carbonyl (C=O) groups excluding carboxylic acids is 1. The van der Waals surface area contributed by atoms with Crippen molar-refractivity contribution in [2.75, 3.05) is 18.8 Å². The normalized spacial score (nSPS) is 17.8. The minimum atomic E-state index is -0.129. The number of anilines is 1. The molecule has 1 aliphatic rings. The summed E-state index contributed by atoms with van der Waals surface area (Å²) < 4.78 is 0. The van der Waals surface area contributed by atoms with E-state index in [0.717, 1.165) is 31.0 Å². The number of likely N-dealkylation sites (tertiary alicyclic amines) is 1. The van der Waals surface area contributed by atoms with E-state index < -0.39 is 0 Å². The van der Waals surface area contributed by atoms with Crippen LogP contribution in [0.25, 0.3) is 0 Å².